The van der Waals surface area contributed by atoms with Crippen molar-refractivity contribution >= 4 is 5.91 Å². The zero-order valence-electron chi connectivity index (χ0n) is 13.1. The molecule has 24 heavy (non-hydrogen) atoms. The lowest BCUT2D eigenvalue weighted by Crippen LogP contribution is -2.49. The number of aromatic nitrogens is 2. The molecule has 1 amide bonds. The summed E-state index contributed by atoms with van der Waals surface area (Å²) in [6.07, 6.45) is 7.67. The van der Waals surface area contributed by atoms with Gasteiger partial charge in [-0.1, -0.05) is 6.07 Å². The van der Waals surface area contributed by atoms with Gasteiger partial charge in [-0.2, -0.15) is 0 Å². The summed E-state index contributed by atoms with van der Waals surface area (Å²) in [6, 6.07) is 7.22. The van der Waals surface area contributed by atoms with Crippen molar-refractivity contribution in [3.63, 3.8) is 0 Å². The second-order valence-corrected chi connectivity index (χ2v) is 6.33. The average Bonchev–Trinajstić information content (AvgIpc) is 2.86. The lowest BCUT2D eigenvalue weighted by molar-refractivity contribution is 0.0344. The number of piperidine rings is 1. The van der Waals surface area contributed by atoms with E-state index in [1.807, 2.05) is 23.1 Å². The molecule has 0 aromatic carbocycles. The molecule has 2 fully saturated rings. The van der Waals surface area contributed by atoms with E-state index in [-0.39, 0.29) is 29.7 Å². The molecule has 0 radical (unpaired) electrons. The van der Waals surface area contributed by atoms with Gasteiger partial charge in [0.1, 0.15) is 6.10 Å². The number of halogens is 1. The van der Waals surface area contributed by atoms with Crippen LogP contribution in [0, 0.1) is 5.82 Å². The van der Waals surface area contributed by atoms with Gasteiger partial charge in [-0.25, -0.2) is 9.37 Å². The Bertz CT molecular complexity index is 726. The molecule has 2 aliphatic heterocycles. The predicted molar refractivity (Wildman–Crippen MR) is 85.1 cm³/mol. The van der Waals surface area contributed by atoms with Gasteiger partial charge >= 0.3 is 0 Å². The Morgan fingerprint density at radius 3 is 2.62 bits per heavy atom. The molecular weight excluding hydrogens is 309 g/mol. The average molecular weight is 327 g/mol. The molecule has 4 heterocycles. The van der Waals surface area contributed by atoms with Gasteiger partial charge in [0.2, 0.25) is 5.88 Å². The molecule has 124 valence electrons. The van der Waals surface area contributed by atoms with Crippen LogP contribution < -0.4 is 4.74 Å². The maximum Gasteiger partial charge on any atom is 0.257 e. The maximum atomic E-state index is 13.9. The third kappa shape index (κ3) is 2.72. The van der Waals surface area contributed by atoms with Gasteiger partial charge in [0.05, 0.1) is 11.8 Å². The second kappa shape index (κ2) is 6.19. The Labute approximate surface area is 139 Å². The van der Waals surface area contributed by atoms with Crippen LogP contribution in [-0.4, -0.2) is 39.0 Å². The van der Waals surface area contributed by atoms with E-state index < -0.39 is 5.82 Å². The van der Waals surface area contributed by atoms with Gasteiger partial charge in [-0.15, -0.1) is 0 Å². The van der Waals surface area contributed by atoms with Crippen molar-refractivity contribution in [1.29, 1.82) is 0 Å². The SMILES string of the molecule is O=C(c1ccncc1F)N1[C@H]2CC[C@H]1CC(Oc1ccccn1)C2. The highest BCUT2D eigenvalue weighted by Gasteiger charge is 2.44. The summed E-state index contributed by atoms with van der Waals surface area (Å²) in [7, 11) is 0. The minimum absolute atomic E-state index is 0.0451. The van der Waals surface area contributed by atoms with E-state index in [9.17, 15) is 9.18 Å². The Morgan fingerprint density at radius 1 is 1.17 bits per heavy atom. The fourth-order valence-corrected chi connectivity index (χ4v) is 3.83. The van der Waals surface area contributed by atoms with Crippen LogP contribution in [0.5, 0.6) is 5.88 Å². The summed E-state index contributed by atoms with van der Waals surface area (Å²) in [5.41, 5.74) is 0.103. The van der Waals surface area contributed by atoms with E-state index in [4.69, 9.17) is 4.74 Å². The highest BCUT2D eigenvalue weighted by atomic mass is 19.1. The Balaban J connectivity index is 1.49. The molecular formula is C18H18FN3O2. The monoisotopic (exact) mass is 327 g/mol. The third-order valence-corrected chi connectivity index (χ3v) is 4.85. The molecule has 4 rings (SSSR count). The van der Waals surface area contributed by atoms with E-state index in [1.54, 1.807) is 6.20 Å². The topological polar surface area (TPSA) is 55.3 Å². The number of rotatable bonds is 3. The number of fused-ring (bicyclic) bond motifs is 2. The number of pyridine rings is 2. The molecule has 2 aliphatic rings. The first-order chi connectivity index (χ1) is 11.7. The highest BCUT2D eigenvalue weighted by Crippen LogP contribution is 2.38. The lowest BCUT2D eigenvalue weighted by Gasteiger charge is -2.38. The Hall–Kier alpha value is -2.50. The van der Waals surface area contributed by atoms with Crippen molar-refractivity contribution in [2.75, 3.05) is 0 Å². The first-order valence-corrected chi connectivity index (χ1v) is 8.22. The first-order valence-electron chi connectivity index (χ1n) is 8.22. The standard InChI is InChI=1S/C18H18FN3O2/c19-16-11-20-8-6-15(16)18(23)22-12-4-5-13(22)10-14(9-12)24-17-3-1-2-7-21-17/h1-3,6-8,11-14H,4-5,9-10H2/t12-,13-/m0/s1. The highest BCUT2D eigenvalue weighted by molar-refractivity contribution is 5.95. The predicted octanol–water partition coefficient (Wildman–Crippen LogP) is 2.83. The van der Waals surface area contributed by atoms with Gasteiger partial charge in [0.25, 0.3) is 5.91 Å². The summed E-state index contributed by atoms with van der Waals surface area (Å²) in [5, 5.41) is 0. The molecule has 2 saturated heterocycles. The van der Waals surface area contributed by atoms with Crippen LogP contribution in [0.25, 0.3) is 0 Å². The molecule has 2 aromatic heterocycles. The van der Waals surface area contributed by atoms with Crippen molar-refractivity contribution < 1.29 is 13.9 Å². The second-order valence-electron chi connectivity index (χ2n) is 6.33. The minimum atomic E-state index is -0.561. The molecule has 5 nitrogen and oxygen atoms in total. The van der Waals surface area contributed by atoms with Crippen LogP contribution in [-0.2, 0) is 0 Å². The minimum Gasteiger partial charge on any atom is -0.474 e. The quantitative estimate of drug-likeness (QED) is 0.870. The van der Waals surface area contributed by atoms with Crippen LogP contribution in [0.3, 0.4) is 0 Å². The van der Waals surface area contributed by atoms with Gasteiger partial charge in [0.15, 0.2) is 5.82 Å². The molecule has 0 N–H and O–H groups in total. The van der Waals surface area contributed by atoms with Crippen LogP contribution in [0.2, 0.25) is 0 Å². The number of hydrogen-bond donors (Lipinski definition) is 0. The number of carbonyl (C=O) groups excluding carboxylic acids is 1. The largest absolute Gasteiger partial charge is 0.474 e. The zero-order chi connectivity index (χ0) is 16.5. The van der Waals surface area contributed by atoms with E-state index >= 15 is 0 Å². The van der Waals surface area contributed by atoms with Gasteiger partial charge in [-0.05, 0) is 25.0 Å². The Morgan fingerprint density at radius 2 is 1.96 bits per heavy atom. The van der Waals surface area contributed by atoms with Crippen molar-refractivity contribution in [3.05, 3.63) is 54.2 Å². The molecule has 2 bridgehead atoms. The van der Waals surface area contributed by atoms with Crippen molar-refractivity contribution in [2.45, 2.75) is 43.9 Å². The van der Waals surface area contributed by atoms with Gasteiger partial charge < -0.3 is 9.64 Å². The summed E-state index contributed by atoms with van der Waals surface area (Å²) < 4.78 is 19.9. The van der Waals surface area contributed by atoms with Crippen LogP contribution in [0.15, 0.2) is 42.9 Å². The summed E-state index contributed by atoms with van der Waals surface area (Å²) in [5.74, 6) is -0.186. The fourth-order valence-electron chi connectivity index (χ4n) is 3.83. The third-order valence-electron chi connectivity index (χ3n) is 4.85. The lowest BCUT2D eigenvalue weighted by atomic mass is 9.98. The molecule has 0 spiro atoms. The van der Waals surface area contributed by atoms with Crippen molar-refractivity contribution in [1.82, 2.24) is 14.9 Å². The fraction of sp³-hybridized carbons (Fsp3) is 0.389. The number of carbonyl (C=O) groups is 1. The van der Waals surface area contributed by atoms with Crippen LogP contribution in [0.4, 0.5) is 4.39 Å². The smallest absolute Gasteiger partial charge is 0.257 e. The molecule has 6 heteroatoms. The van der Waals surface area contributed by atoms with E-state index in [2.05, 4.69) is 9.97 Å². The van der Waals surface area contributed by atoms with Gasteiger partial charge in [0, 0.05) is 43.4 Å². The summed E-state index contributed by atoms with van der Waals surface area (Å²) in [6.45, 7) is 0. The number of amides is 1. The van der Waals surface area contributed by atoms with Crippen molar-refractivity contribution in [3.8, 4) is 5.88 Å². The van der Waals surface area contributed by atoms with Gasteiger partial charge in [-0.3, -0.25) is 9.78 Å². The summed E-state index contributed by atoms with van der Waals surface area (Å²) >= 11 is 0. The van der Waals surface area contributed by atoms with E-state index in [1.165, 1.54) is 12.3 Å². The summed E-state index contributed by atoms with van der Waals surface area (Å²) in [4.78, 5) is 22.5. The number of hydrogen-bond acceptors (Lipinski definition) is 4. The number of nitrogens with zero attached hydrogens (tertiary/aromatic N) is 3. The molecule has 0 unspecified atom stereocenters. The molecule has 0 aliphatic carbocycles. The number of ether oxygens (including phenoxy) is 1. The zero-order valence-corrected chi connectivity index (χ0v) is 13.1. The normalized spacial score (nSPS) is 25.5. The molecule has 2 atom stereocenters. The van der Waals surface area contributed by atoms with E-state index in [0.717, 1.165) is 31.9 Å². The molecule has 2 aromatic rings. The van der Waals surface area contributed by atoms with E-state index in [0.29, 0.717) is 5.88 Å². The Kier molecular flexibility index (Phi) is 3.88. The maximum absolute atomic E-state index is 13.9. The van der Waals surface area contributed by atoms with Crippen molar-refractivity contribution in [2.24, 2.45) is 0 Å². The first kappa shape index (κ1) is 15.1. The molecule has 0 saturated carbocycles. The van der Waals surface area contributed by atoms with Crippen LogP contribution in [0.1, 0.15) is 36.0 Å². The van der Waals surface area contributed by atoms with Crippen LogP contribution >= 0.6 is 0 Å².